The van der Waals surface area contributed by atoms with Gasteiger partial charge in [0, 0.05) is 13.6 Å². The van der Waals surface area contributed by atoms with Crippen LogP contribution in [-0.4, -0.2) is 38.5 Å². The predicted octanol–water partition coefficient (Wildman–Crippen LogP) is 2.00. The summed E-state index contributed by atoms with van der Waals surface area (Å²) in [5.74, 6) is 0.479. The van der Waals surface area contributed by atoms with Crippen LogP contribution in [0.2, 0.25) is 0 Å². The van der Waals surface area contributed by atoms with Gasteiger partial charge in [0.25, 0.3) is 0 Å². The van der Waals surface area contributed by atoms with Gasteiger partial charge in [-0.25, -0.2) is 0 Å². The van der Waals surface area contributed by atoms with E-state index in [1.807, 2.05) is 0 Å². The molecule has 19 heavy (non-hydrogen) atoms. The Morgan fingerprint density at radius 3 is 2.32 bits per heavy atom. The maximum atomic E-state index is 5.67. The van der Waals surface area contributed by atoms with Gasteiger partial charge in [0.15, 0.2) is 5.96 Å². The zero-order valence-electron chi connectivity index (χ0n) is 12.2. The number of nitrogens with zero attached hydrogens (tertiary/aromatic N) is 2. The van der Waals surface area contributed by atoms with Gasteiger partial charge in [-0.1, -0.05) is 31.2 Å². The maximum absolute atomic E-state index is 5.67. The molecule has 0 fully saturated rings. The Bertz CT molecular complexity index is 387. The summed E-state index contributed by atoms with van der Waals surface area (Å²) in [6, 6.07) is 9.03. The summed E-state index contributed by atoms with van der Waals surface area (Å²) >= 11 is 0. The number of hydrogen-bond acceptors (Lipinski definition) is 2. The highest BCUT2D eigenvalue weighted by molar-refractivity contribution is 14.0. The first-order valence-electron chi connectivity index (χ1n) is 6.29. The van der Waals surface area contributed by atoms with E-state index in [-0.39, 0.29) is 30.0 Å². The minimum atomic E-state index is 0. The third kappa shape index (κ3) is 5.78. The number of rotatable bonds is 5. The molecule has 0 heterocycles. The molecule has 0 saturated heterocycles. The van der Waals surface area contributed by atoms with Crippen LogP contribution in [0, 0.1) is 0 Å². The second-order valence-electron chi connectivity index (χ2n) is 4.56. The quantitative estimate of drug-likeness (QED) is 0.470. The van der Waals surface area contributed by atoms with Crippen LogP contribution in [0.3, 0.4) is 0 Å². The lowest BCUT2D eigenvalue weighted by atomic mass is 10.0. The number of hydrogen-bond donors (Lipinski definition) is 2. The van der Waals surface area contributed by atoms with Crippen molar-refractivity contribution in [1.82, 2.24) is 10.2 Å². The molecule has 0 saturated carbocycles. The zero-order chi connectivity index (χ0) is 13.5. The monoisotopic (exact) mass is 376 g/mol. The van der Waals surface area contributed by atoms with Gasteiger partial charge in [0.2, 0.25) is 0 Å². The highest BCUT2D eigenvalue weighted by Gasteiger charge is 2.13. The van der Waals surface area contributed by atoms with Crippen LogP contribution in [0.5, 0.6) is 0 Å². The van der Waals surface area contributed by atoms with E-state index in [9.17, 15) is 0 Å². The van der Waals surface area contributed by atoms with Crippen molar-refractivity contribution in [3.63, 3.8) is 0 Å². The topological polar surface area (TPSA) is 53.6 Å². The molecular weight excluding hydrogens is 351 g/mol. The summed E-state index contributed by atoms with van der Waals surface area (Å²) in [6.07, 6.45) is 1.07. The van der Waals surface area contributed by atoms with E-state index in [0.717, 1.165) is 13.0 Å². The molecule has 0 aliphatic carbocycles. The third-order valence-corrected chi connectivity index (χ3v) is 3.11. The lowest BCUT2D eigenvalue weighted by molar-refractivity contribution is 0.298. The number of nitrogens with one attached hydrogen (secondary N) is 1. The summed E-state index contributed by atoms with van der Waals surface area (Å²) < 4.78 is 0. The number of likely N-dealkylation sites (N-methyl/N-ethyl adjacent to an activating group) is 1. The van der Waals surface area contributed by atoms with Crippen molar-refractivity contribution >= 4 is 29.9 Å². The van der Waals surface area contributed by atoms with Gasteiger partial charge in [0.1, 0.15) is 0 Å². The molecule has 1 rings (SSSR count). The first-order valence-corrected chi connectivity index (χ1v) is 6.29. The Morgan fingerprint density at radius 2 is 1.89 bits per heavy atom. The fourth-order valence-electron chi connectivity index (χ4n) is 1.85. The van der Waals surface area contributed by atoms with E-state index in [1.165, 1.54) is 11.1 Å². The fraction of sp³-hybridized carbons (Fsp3) is 0.500. The lowest BCUT2D eigenvalue weighted by Crippen LogP contribution is -2.38. The number of nitrogens with two attached hydrogens (primary N) is 1. The summed E-state index contributed by atoms with van der Waals surface area (Å²) in [4.78, 5) is 6.08. The zero-order valence-corrected chi connectivity index (χ0v) is 14.5. The molecular formula is C14H25IN4. The molecule has 1 aromatic carbocycles. The molecule has 0 aliphatic heterocycles. The van der Waals surface area contributed by atoms with Crippen LogP contribution in [-0.2, 0) is 6.42 Å². The van der Waals surface area contributed by atoms with E-state index in [1.54, 1.807) is 7.05 Å². The van der Waals surface area contributed by atoms with Gasteiger partial charge in [-0.05, 0) is 31.6 Å². The van der Waals surface area contributed by atoms with Gasteiger partial charge < -0.3 is 16.0 Å². The van der Waals surface area contributed by atoms with E-state index >= 15 is 0 Å². The molecule has 1 atom stereocenters. The van der Waals surface area contributed by atoms with E-state index in [2.05, 4.69) is 60.5 Å². The molecule has 1 aromatic rings. The summed E-state index contributed by atoms with van der Waals surface area (Å²) in [6.45, 7) is 2.92. The van der Waals surface area contributed by atoms with E-state index < -0.39 is 0 Å². The highest BCUT2D eigenvalue weighted by Crippen LogP contribution is 2.18. The number of benzene rings is 1. The standard InChI is InChI=1S/C14H24N4.HI/c1-5-11-6-8-12(9-7-11)13(18(3)4)10-17-14(15)16-2;/h6-9,13H,5,10H2,1-4H3,(H3,15,16,17);1H. The second-order valence-corrected chi connectivity index (χ2v) is 4.56. The van der Waals surface area contributed by atoms with Crippen LogP contribution < -0.4 is 11.1 Å². The molecule has 0 amide bonds. The smallest absolute Gasteiger partial charge is 0.188 e. The number of aryl methyl sites for hydroxylation is 1. The molecule has 1 unspecified atom stereocenters. The molecule has 108 valence electrons. The van der Waals surface area contributed by atoms with Crippen molar-refractivity contribution < 1.29 is 0 Å². The number of aliphatic imine (C=N–C) groups is 1. The number of guanidine groups is 1. The van der Waals surface area contributed by atoms with Gasteiger partial charge in [0.05, 0.1) is 6.04 Å². The minimum Gasteiger partial charge on any atom is -0.370 e. The molecule has 0 spiro atoms. The van der Waals surface area contributed by atoms with Crippen molar-refractivity contribution in [3.05, 3.63) is 35.4 Å². The third-order valence-electron chi connectivity index (χ3n) is 3.11. The fourth-order valence-corrected chi connectivity index (χ4v) is 1.85. The Labute approximate surface area is 133 Å². The Morgan fingerprint density at radius 1 is 1.32 bits per heavy atom. The summed E-state index contributed by atoms with van der Waals surface area (Å²) in [5.41, 5.74) is 8.31. The van der Waals surface area contributed by atoms with Crippen molar-refractivity contribution in [3.8, 4) is 0 Å². The van der Waals surface area contributed by atoms with Crippen molar-refractivity contribution in [1.29, 1.82) is 0 Å². The van der Waals surface area contributed by atoms with Crippen LogP contribution in [0.15, 0.2) is 29.3 Å². The number of halogens is 1. The normalized spacial score (nSPS) is 13.0. The second kappa shape index (κ2) is 9.14. The van der Waals surface area contributed by atoms with Crippen LogP contribution >= 0.6 is 24.0 Å². The van der Waals surface area contributed by atoms with Gasteiger partial charge >= 0.3 is 0 Å². The average molecular weight is 376 g/mol. The molecule has 3 N–H and O–H groups in total. The Hall–Kier alpha value is -0.820. The average Bonchev–Trinajstić information content (AvgIpc) is 2.39. The maximum Gasteiger partial charge on any atom is 0.188 e. The first-order chi connectivity index (χ1) is 8.58. The molecule has 0 bridgehead atoms. The largest absolute Gasteiger partial charge is 0.370 e. The first kappa shape index (κ1) is 18.2. The van der Waals surface area contributed by atoms with E-state index in [0.29, 0.717) is 5.96 Å². The van der Waals surface area contributed by atoms with Crippen LogP contribution in [0.1, 0.15) is 24.1 Å². The molecule has 0 aromatic heterocycles. The molecule has 5 heteroatoms. The highest BCUT2D eigenvalue weighted by atomic mass is 127. The molecule has 0 aliphatic rings. The van der Waals surface area contributed by atoms with E-state index in [4.69, 9.17) is 5.73 Å². The van der Waals surface area contributed by atoms with Gasteiger partial charge in [-0.3, -0.25) is 4.99 Å². The van der Waals surface area contributed by atoms with Crippen molar-refractivity contribution in [2.45, 2.75) is 19.4 Å². The SMILES string of the molecule is CCc1ccc(C(CNC(N)=NC)N(C)C)cc1.I. The summed E-state index contributed by atoms with van der Waals surface area (Å²) in [5, 5.41) is 3.13. The molecule has 4 nitrogen and oxygen atoms in total. The Kier molecular flexibility index (Phi) is 8.75. The van der Waals surface area contributed by atoms with Crippen molar-refractivity contribution in [2.24, 2.45) is 10.7 Å². The van der Waals surface area contributed by atoms with Crippen LogP contribution in [0.25, 0.3) is 0 Å². The van der Waals surface area contributed by atoms with Gasteiger partial charge in [-0.15, -0.1) is 24.0 Å². The predicted molar refractivity (Wildman–Crippen MR) is 93.2 cm³/mol. The summed E-state index contributed by atoms with van der Waals surface area (Å²) in [7, 11) is 5.82. The Balaban J connectivity index is 0.00000324. The molecule has 0 radical (unpaired) electrons. The van der Waals surface area contributed by atoms with Gasteiger partial charge in [-0.2, -0.15) is 0 Å². The van der Waals surface area contributed by atoms with Crippen LogP contribution in [0.4, 0.5) is 0 Å². The van der Waals surface area contributed by atoms with Crippen molar-refractivity contribution in [2.75, 3.05) is 27.7 Å². The lowest BCUT2D eigenvalue weighted by Gasteiger charge is -2.25. The minimum absolute atomic E-state index is 0.